The van der Waals surface area contributed by atoms with Crippen molar-refractivity contribution >= 4 is 17.6 Å². The van der Waals surface area contributed by atoms with Crippen LogP contribution in [0.25, 0.3) is 0 Å². The van der Waals surface area contributed by atoms with E-state index in [1.165, 1.54) is 6.07 Å². The zero-order valence-corrected chi connectivity index (χ0v) is 20.6. The van der Waals surface area contributed by atoms with Crippen LogP contribution < -0.4 is 14.4 Å². The van der Waals surface area contributed by atoms with Crippen molar-refractivity contribution in [2.45, 2.75) is 38.2 Å². The van der Waals surface area contributed by atoms with E-state index in [2.05, 4.69) is 4.74 Å². The van der Waals surface area contributed by atoms with Gasteiger partial charge in [-0.3, -0.25) is 14.5 Å². The lowest BCUT2D eigenvalue weighted by molar-refractivity contribution is -0.158. The molecular weight excluding hydrogens is 534 g/mol. The number of likely N-dealkylation sites (tertiary alicyclic amines) is 1. The van der Waals surface area contributed by atoms with Crippen LogP contribution >= 0.6 is 0 Å². The summed E-state index contributed by atoms with van der Waals surface area (Å²) >= 11 is 0. The van der Waals surface area contributed by atoms with Gasteiger partial charge in [0, 0.05) is 18.8 Å². The minimum absolute atomic E-state index is 0.0835. The van der Waals surface area contributed by atoms with E-state index in [0.29, 0.717) is 56.4 Å². The minimum Gasteiger partial charge on any atom is -0.489 e. The van der Waals surface area contributed by atoms with Crippen LogP contribution in [0.2, 0.25) is 0 Å². The van der Waals surface area contributed by atoms with E-state index in [4.69, 9.17) is 4.74 Å². The van der Waals surface area contributed by atoms with Crippen LogP contribution in [-0.4, -0.2) is 60.8 Å². The number of amides is 1. The Kier molecular flexibility index (Phi) is 8.28. The Hall–Kier alpha value is -3.48. The standard InChI is InChI=1S/C26H26F6N2O5/c27-25(28,29)15-39-22-6-3-16(10-20(22)26(30,31)32)14-38-19-4-5-21-17(11-19)7-9-34(21)23(35)13-33-8-1-2-18(12-33)24(36)37/h3-6,10-11,18H,1-2,7-9,12-15H2,(H,36,37)/t18-/m1/s1. The number of carbonyl (C=O) groups excluding carboxylic acids is 1. The number of hydrogen-bond donors (Lipinski definition) is 1. The fourth-order valence-corrected chi connectivity index (χ4v) is 4.74. The normalized spacial score (nSPS) is 18.1. The van der Waals surface area contributed by atoms with Crippen molar-refractivity contribution in [1.82, 2.24) is 4.90 Å². The van der Waals surface area contributed by atoms with Gasteiger partial charge in [-0.25, -0.2) is 0 Å². The minimum atomic E-state index is -4.93. The lowest BCUT2D eigenvalue weighted by atomic mass is 9.98. The Morgan fingerprint density at radius 2 is 1.77 bits per heavy atom. The first-order valence-electron chi connectivity index (χ1n) is 12.2. The molecule has 1 fully saturated rings. The van der Waals surface area contributed by atoms with Crippen molar-refractivity contribution in [1.29, 1.82) is 0 Å². The van der Waals surface area contributed by atoms with Crippen molar-refractivity contribution < 1.29 is 50.5 Å². The number of carbonyl (C=O) groups is 2. The number of rotatable bonds is 8. The maximum atomic E-state index is 13.4. The third kappa shape index (κ3) is 7.34. The van der Waals surface area contributed by atoms with Crippen LogP contribution in [0.1, 0.15) is 29.5 Å². The van der Waals surface area contributed by atoms with E-state index in [1.807, 2.05) is 4.90 Å². The van der Waals surface area contributed by atoms with Crippen molar-refractivity contribution in [3.8, 4) is 11.5 Å². The third-order valence-electron chi connectivity index (χ3n) is 6.61. The third-order valence-corrected chi connectivity index (χ3v) is 6.61. The monoisotopic (exact) mass is 560 g/mol. The van der Waals surface area contributed by atoms with Gasteiger partial charge in [-0.15, -0.1) is 0 Å². The number of nitrogens with zero attached hydrogens (tertiary/aromatic N) is 2. The highest BCUT2D eigenvalue weighted by molar-refractivity contribution is 5.97. The topological polar surface area (TPSA) is 79.3 Å². The SMILES string of the molecule is O=C(O)[C@@H]1CCCN(CC(=O)N2CCc3cc(OCc4ccc(OCC(F)(F)F)c(C(F)(F)F)c4)ccc32)C1. The molecule has 1 amide bonds. The average Bonchev–Trinajstić information content (AvgIpc) is 3.29. The number of benzene rings is 2. The Bertz CT molecular complexity index is 1220. The number of hydrogen-bond acceptors (Lipinski definition) is 5. The molecule has 0 radical (unpaired) electrons. The summed E-state index contributed by atoms with van der Waals surface area (Å²) in [4.78, 5) is 27.7. The van der Waals surface area contributed by atoms with Crippen LogP contribution in [0.5, 0.6) is 11.5 Å². The summed E-state index contributed by atoms with van der Waals surface area (Å²) < 4.78 is 87.4. The number of aliphatic carboxylic acids is 1. The Balaban J connectivity index is 1.38. The van der Waals surface area contributed by atoms with E-state index < -0.39 is 42.2 Å². The van der Waals surface area contributed by atoms with E-state index in [-0.39, 0.29) is 24.6 Å². The molecule has 2 aromatic rings. The predicted octanol–water partition coefficient (Wildman–Crippen LogP) is 4.91. The van der Waals surface area contributed by atoms with Crippen LogP contribution in [0.4, 0.5) is 32.0 Å². The van der Waals surface area contributed by atoms with Crippen molar-refractivity contribution in [2.75, 3.05) is 37.7 Å². The maximum Gasteiger partial charge on any atom is 0.422 e. The average molecular weight is 560 g/mol. The zero-order chi connectivity index (χ0) is 28.4. The molecule has 0 aliphatic carbocycles. The summed E-state index contributed by atoms with van der Waals surface area (Å²) in [6.45, 7) is -0.617. The van der Waals surface area contributed by atoms with Gasteiger partial charge in [-0.05, 0) is 67.3 Å². The molecule has 1 N–H and O–H groups in total. The molecule has 1 atom stereocenters. The van der Waals surface area contributed by atoms with Crippen molar-refractivity contribution in [2.24, 2.45) is 5.92 Å². The lowest BCUT2D eigenvalue weighted by Gasteiger charge is -2.31. The van der Waals surface area contributed by atoms with Gasteiger partial charge in [0.1, 0.15) is 18.1 Å². The Morgan fingerprint density at radius 1 is 1.00 bits per heavy atom. The quantitative estimate of drug-likeness (QED) is 0.463. The number of alkyl halides is 6. The first-order chi connectivity index (χ1) is 18.3. The highest BCUT2D eigenvalue weighted by atomic mass is 19.4. The molecule has 0 unspecified atom stereocenters. The summed E-state index contributed by atoms with van der Waals surface area (Å²) in [6.07, 6.45) is -7.88. The summed E-state index contributed by atoms with van der Waals surface area (Å²) in [6, 6.07) is 7.67. The maximum absolute atomic E-state index is 13.4. The molecule has 4 rings (SSSR count). The van der Waals surface area contributed by atoms with E-state index in [9.17, 15) is 41.0 Å². The molecule has 2 aliphatic rings. The van der Waals surface area contributed by atoms with Gasteiger partial charge in [0.2, 0.25) is 5.91 Å². The van der Waals surface area contributed by atoms with Crippen LogP contribution in [0.3, 0.4) is 0 Å². The predicted molar refractivity (Wildman–Crippen MR) is 127 cm³/mol. The largest absolute Gasteiger partial charge is 0.489 e. The first kappa shape index (κ1) is 28.5. The van der Waals surface area contributed by atoms with Gasteiger partial charge >= 0.3 is 18.3 Å². The fraction of sp³-hybridized carbons (Fsp3) is 0.462. The molecular formula is C26H26F6N2O5. The molecule has 2 aliphatic heterocycles. The van der Waals surface area contributed by atoms with Gasteiger partial charge < -0.3 is 19.5 Å². The molecule has 2 heterocycles. The highest BCUT2D eigenvalue weighted by Gasteiger charge is 2.37. The zero-order valence-electron chi connectivity index (χ0n) is 20.6. The van der Waals surface area contributed by atoms with Crippen LogP contribution in [-0.2, 0) is 28.8 Å². The second-order valence-electron chi connectivity index (χ2n) is 9.52. The van der Waals surface area contributed by atoms with Gasteiger partial charge in [-0.2, -0.15) is 26.3 Å². The smallest absolute Gasteiger partial charge is 0.422 e. The van der Waals surface area contributed by atoms with Gasteiger partial charge in [0.25, 0.3) is 0 Å². The van der Waals surface area contributed by atoms with Crippen molar-refractivity contribution in [3.05, 3.63) is 53.1 Å². The summed E-state index contributed by atoms with van der Waals surface area (Å²) in [5.74, 6) is -2.08. The van der Waals surface area contributed by atoms with E-state index in [1.54, 1.807) is 23.1 Å². The first-order valence-corrected chi connectivity index (χ1v) is 12.2. The number of carboxylic acid groups (broad SMARTS) is 1. The van der Waals surface area contributed by atoms with Gasteiger partial charge in [-0.1, -0.05) is 6.07 Å². The molecule has 0 aromatic heterocycles. The highest BCUT2D eigenvalue weighted by Crippen LogP contribution is 2.38. The molecule has 0 bridgehead atoms. The summed E-state index contributed by atoms with van der Waals surface area (Å²) in [5.41, 5.74) is 0.249. The van der Waals surface area contributed by atoms with E-state index >= 15 is 0 Å². The number of anilines is 1. The number of fused-ring (bicyclic) bond motifs is 1. The second kappa shape index (κ2) is 11.3. The van der Waals surface area contributed by atoms with E-state index in [0.717, 1.165) is 11.6 Å². The lowest BCUT2D eigenvalue weighted by Crippen LogP contribution is -2.45. The van der Waals surface area contributed by atoms with Crippen LogP contribution in [0.15, 0.2) is 36.4 Å². The van der Waals surface area contributed by atoms with Crippen LogP contribution in [0, 0.1) is 5.92 Å². The van der Waals surface area contributed by atoms with Gasteiger partial charge in [0.05, 0.1) is 18.0 Å². The molecule has 0 spiro atoms. The number of halogens is 6. The molecule has 1 saturated heterocycles. The molecule has 7 nitrogen and oxygen atoms in total. The molecule has 212 valence electrons. The Labute approximate surface area is 219 Å². The molecule has 2 aromatic carbocycles. The molecule has 39 heavy (non-hydrogen) atoms. The second-order valence-corrected chi connectivity index (χ2v) is 9.52. The van der Waals surface area contributed by atoms with Gasteiger partial charge in [0.15, 0.2) is 6.61 Å². The number of piperidine rings is 1. The fourth-order valence-electron chi connectivity index (χ4n) is 4.74. The number of ether oxygens (including phenoxy) is 2. The Morgan fingerprint density at radius 3 is 2.46 bits per heavy atom. The molecule has 13 heteroatoms. The summed E-state index contributed by atoms with van der Waals surface area (Å²) in [5, 5.41) is 9.26. The number of carboxylic acids is 1. The van der Waals surface area contributed by atoms with Crippen molar-refractivity contribution in [3.63, 3.8) is 0 Å². The summed E-state index contributed by atoms with van der Waals surface area (Å²) in [7, 11) is 0. The molecule has 0 saturated carbocycles.